The molecule has 0 radical (unpaired) electrons. The van der Waals surface area contributed by atoms with Gasteiger partial charge in [0.1, 0.15) is 0 Å². The molecular weight excluding hydrogens is 556 g/mol. The summed E-state index contributed by atoms with van der Waals surface area (Å²) in [5.74, 6) is 0. The molecule has 0 aliphatic carbocycles. The Balaban J connectivity index is 1.65. The van der Waals surface area contributed by atoms with Crippen LogP contribution in [-0.2, 0) is 12.8 Å². The van der Waals surface area contributed by atoms with E-state index in [9.17, 15) is 0 Å². The van der Waals surface area contributed by atoms with Crippen molar-refractivity contribution < 1.29 is 8.97 Å². The average molecular weight is 603 g/mol. The molecule has 46 heavy (non-hydrogen) atoms. The third-order valence-electron chi connectivity index (χ3n) is 9.52. The normalized spacial score (nSPS) is 12.5. The van der Waals surface area contributed by atoms with Gasteiger partial charge in [-0.1, -0.05) is 97.1 Å². The minimum absolute atomic E-state index is 0.941. The van der Waals surface area contributed by atoms with Gasteiger partial charge < -0.3 is 8.97 Å². The molecule has 0 aliphatic rings. The van der Waals surface area contributed by atoms with Crippen LogP contribution < -0.4 is 0 Å². The summed E-state index contributed by atoms with van der Waals surface area (Å²) < 4.78 is 1.88. The van der Waals surface area contributed by atoms with Crippen LogP contribution in [0.15, 0.2) is 121 Å². The third-order valence-corrected chi connectivity index (χ3v) is 9.52. The van der Waals surface area contributed by atoms with Crippen molar-refractivity contribution in [3.05, 3.63) is 132 Å². The fourth-order valence-electron chi connectivity index (χ4n) is 7.09. The predicted octanol–water partition coefficient (Wildman–Crippen LogP) is 10.1. The van der Waals surface area contributed by atoms with Crippen molar-refractivity contribution >= 4 is 43.1 Å². The number of rotatable bonds is 8. The Morgan fingerprint density at radius 3 is 0.935 bits per heavy atom. The molecule has 0 spiro atoms. The molecule has 2 heteroatoms. The fraction of sp³-hybridized carbons (Fsp3) is 0.227. The number of quaternary nitrogens is 2. The summed E-state index contributed by atoms with van der Waals surface area (Å²) in [5.41, 5.74) is 8.29. The molecule has 7 rings (SSSR count). The Bertz CT molecular complexity index is 1960. The van der Waals surface area contributed by atoms with Crippen molar-refractivity contribution in [2.45, 2.75) is 12.8 Å². The smallest absolute Gasteiger partial charge is 0.0821 e. The Morgan fingerprint density at radius 2 is 0.652 bits per heavy atom. The lowest BCUT2D eigenvalue weighted by Gasteiger charge is -2.27. The van der Waals surface area contributed by atoms with Gasteiger partial charge in [-0.05, 0) is 101 Å². The van der Waals surface area contributed by atoms with Crippen molar-refractivity contribution in [3.8, 4) is 22.3 Å². The van der Waals surface area contributed by atoms with Crippen LogP contribution in [0.2, 0.25) is 0 Å². The highest BCUT2D eigenvalue weighted by Gasteiger charge is 2.22. The molecular formula is C44H46N2+2. The number of likely N-dealkylation sites (N-methyl/N-ethyl adjacent to an activating group) is 2. The van der Waals surface area contributed by atoms with E-state index in [1.807, 2.05) is 0 Å². The van der Waals surface area contributed by atoms with Crippen molar-refractivity contribution in [2.75, 3.05) is 55.4 Å². The van der Waals surface area contributed by atoms with Gasteiger partial charge >= 0.3 is 0 Å². The maximum atomic E-state index is 2.58. The summed E-state index contributed by atoms with van der Waals surface area (Å²) in [6.07, 6.45) is 2.09. The quantitative estimate of drug-likeness (QED) is 0.120. The third kappa shape index (κ3) is 5.91. The fourth-order valence-corrected chi connectivity index (χ4v) is 7.09. The Labute approximate surface area is 274 Å². The molecule has 0 fully saturated rings. The molecule has 0 amide bonds. The van der Waals surface area contributed by atoms with E-state index in [1.165, 1.54) is 76.5 Å². The minimum atomic E-state index is 0.941. The molecule has 0 saturated carbocycles. The summed E-state index contributed by atoms with van der Waals surface area (Å²) in [7, 11) is 13.8. The largest absolute Gasteiger partial charge is 0.331 e. The SMILES string of the molecule is C[N+](C)(C)CCc1cc(-c2c3ccccc3cc3ccccc23)c(-c2c3ccccc3cc3ccccc23)cc1CC[N+](C)(C)C. The van der Waals surface area contributed by atoms with Crippen LogP contribution in [0.3, 0.4) is 0 Å². The highest BCUT2D eigenvalue weighted by atomic mass is 15.3. The van der Waals surface area contributed by atoms with Gasteiger partial charge in [-0.3, -0.25) is 0 Å². The summed E-state index contributed by atoms with van der Waals surface area (Å²) >= 11 is 0. The van der Waals surface area contributed by atoms with E-state index in [0.717, 1.165) is 34.9 Å². The molecule has 0 bridgehead atoms. The van der Waals surface area contributed by atoms with E-state index < -0.39 is 0 Å². The molecule has 0 aromatic heterocycles. The van der Waals surface area contributed by atoms with Crippen LogP contribution in [0.4, 0.5) is 0 Å². The molecule has 0 saturated heterocycles. The molecule has 0 atom stereocenters. The van der Waals surface area contributed by atoms with E-state index in [2.05, 4.69) is 164 Å². The molecule has 230 valence electrons. The van der Waals surface area contributed by atoms with Crippen LogP contribution in [0.5, 0.6) is 0 Å². The highest BCUT2D eigenvalue weighted by molar-refractivity contribution is 6.19. The van der Waals surface area contributed by atoms with E-state index in [1.54, 1.807) is 0 Å². The first-order valence-corrected chi connectivity index (χ1v) is 16.6. The molecule has 0 aliphatic heterocycles. The number of benzene rings is 7. The zero-order chi connectivity index (χ0) is 32.1. The van der Waals surface area contributed by atoms with Gasteiger partial charge in [0.25, 0.3) is 0 Å². The first-order chi connectivity index (χ1) is 22.1. The van der Waals surface area contributed by atoms with Gasteiger partial charge in [0.2, 0.25) is 0 Å². The van der Waals surface area contributed by atoms with Crippen LogP contribution >= 0.6 is 0 Å². The standard InChI is InChI=1S/C44H46N2/c1-45(2,3)25-23-31-29-41(43-37-19-11-7-15-33(37)27-34-16-8-12-20-38(34)43)42(30-32(31)24-26-46(4,5)6)44-39-21-13-9-17-35(39)28-36-18-10-14-22-40(36)44/h7-22,27-30H,23-26H2,1-6H3/q+2. The Kier molecular flexibility index (Phi) is 7.67. The minimum Gasteiger partial charge on any atom is -0.331 e. The Hall–Kier alpha value is -4.50. The lowest BCUT2D eigenvalue weighted by atomic mass is 9.82. The van der Waals surface area contributed by atoms with Gasteiger partial charge in [0, 0.05) is 12.8 Å². The van der Waals surface area contributed by atoms with Crippen LogP contribution in [-0.4, -0.2) is 64.3 Å². The van der Waals surface area contributed by atoms with Crippen LogP contribution in [0.1, 0.15) is 11.1 Å². The maximum Gasteiger partial charge on any atom is 0.0821 e. The van der Waals surface area contributed by atoms with Crippen molar-refractivity contribution in [1.82, 2.24) is 0 Å². The van der Waals surface area contributed by atoms with E-state index in [-0.39, 0.29) is 0 Å². The second-order valence-corrected chi connectivity index (χ2v) is 15.1. The monoisotopic (exact) mass is 602 g/mol. The summed E-state index contributed by atoms with van der Waals surface area (Å²) in [4.78, 5) is 0. The predicted molar refractivity (Wildman–Crippen MR) is 201 cm³/mol. The summed E-state index contributed by atoms with van der Waals surface area (Å²) in [6.45, 7) is 2.17. The maximum absolute atomic E-state index is 2.58. The first-order valence-electron chi connectivity index (χ1n) is 16.6. The molecule has 2 nitrogen and oxygen atoms in total. The zero-order valence-electron chi connectivity index (χ0n) is 28.3. The lowest BCUT2D eigenvalue weighted by molar-refractivity contribution is -0.870. The molecule has 0 N–H and O–H groups in total. The second kappa shape index (κ2) is 11.7. The van der Waals surface area contributed by atoms with E-state index in [0.29, 0.717) is 0 Å². The first kappa shape index (κ1) is 30.2. The molecule has 7 aromatic carbocycles. The number of hydrogen-bond donors (Lipinski definition) is 0. The van der Waals surface area contributed by atoms with Gasteiger partial charge in [0.05, 0.1) is 55.4 Å². The van der Waals surface area contributed by atoms with E-state index in [4.69, 9.17) is 0 Å². The Morgan fingerprint density at radius 1 is 0.370 bits per heavy atom. The highest BCUT2D eigenvalue weighted by Crippen LogP contribution is 2.46. The molecule has 0 unspecified atom stereocenters. The van der Waals surface area contributed by atoms with Crippen LogP contribution in [0, 0.1) is 0 Å². The summed E-state index contributed by atoms with van der Waals surface area (Å²) in [5, 5.41) is 10.4. The van der Waals surface area contributed by atoms with Crippen molar-refractivity contribution in [2.24, 2.45) is 0 Å². The van der Waals surface area contributed by atoms with E-state index >= 15 is 0 Å². The van der Waals surface area contributed by atoms with Gasteiger partial charge in [0.15, 0.2) is 0 Å². The van der Waals surface area contributed by atoms with Crippen molar-refractivity contribution in [3.63, 3.8) is 0 Å². The summed E-state index contributed by atoms with van der Waals surface area (Å²) in [6, 6.07) is 45.7. The van der Waals surface area contributed by atoms with Crippen LogP contribution in [0.25, 0.3) is 65.3 Å². The topological polar surface area (TPSA) is 0 Å². The van der Waals surface area contributed by atoms with Gasteiger partial charge in [-0.25, -0.2) is 0 Å². The number of nitrogens with zero attached hydrogens (tertiary/aromatic N) is 2. The lowest BCUT2D eigenvalue weighted by Crippen LogP contribution is -2.37. The van der Waals surface area contributed by atoms with Gasteiger partial charge in [-0.2, -0.15) is 0 Å². The average Bonchev–Trinajstić information content (AvgIpc) is 3.03. The second-order valence-electron chi connectivity index (χ2n) is 15.1. The number of hydrogen-bond acceptors (Lipinski definition) is 0. The molecule has 7 aromatic rings. The molecule has 0 heterocycles. The number of fused-ring (bicyclic) bond motifs is 4. The zero-order valence-corrected chi connectivity index (χ0v) is 28.3. The van der Waals surface area contributed by atoms with Crippen molar-refractivity contribution in [1.29, 1.82) is 0 Å². The van der Waals surface area contributed by atoms with Gasteiger partial charge in [-0.15, -0.1) is 0 Å².